The predicted octanol–water partition coefficient (Wildman–Crippen LogP) is 3.90. The van der Waals surface area contributed by atoms with Gasteiger partial charge in [0.1, 0.15) is 5.82 Å². The Balaban J connectivity index is 1.92. The van der Waals surface area contributed by atoms with Crippen molar-refractivity contribution < 1.29 is 4.39 Å². The van der Waals surface area contributed by atoms with Crippen molar-refractivity contribution in [3.8, 4) is 0 Å². The normalized spacial score (nSPS) is 24.6. The fourth-order valence-corrected chi connectivity index (χ4v) is 2.02. The fourth-order valence-electron chi connectivity index (χ4n) is 2.02. The number of allylic oxidation sites excluding steroid dienone is 1. The maximum absolute atomic E-state index is 12.7. The van der Waals surface area contributed by atoms with E-state index in [1.165, 1.54) is 18.4 Å². The Hall–Kier alpha value is -1.11. The molecule has 0 spiro atoms. The number of rotatable bonds is 4. The summed E-state index contributed by atoms with van der Waals surface area (Å²) in [5, 5.41) is 0. The van der Waals surface area contributed by atoms with Gasteiger partial charge in [-0.3, -0.25) is 0 Å². The van der Waals surface area contributed by atoms with Gasteiger partial charge >= 0.3 is 0 Å². The Morgan fingerprint density at radius 1 is 1.36 bits per heavy atom. The lowest BCUT2D eigenvalue weighted by atomic mass is 10.1. The number of benzene rings is 1. The van der Waals surface area contributed by atoms with E-state index in [9.17, 15) is 4.39 Å². The zero-order valence-electron chi connectivity index (χ0n) is 8.25. The summed E-state index contributed by atoms with van der Waals surface area (Å²) in [5.41, 5.74) is 1.29. The minimum Gasteiger partial charge on any atom is -0.207 e. The van der Waals surface area contributed by atoms with Crippen LogP contribution < -0.4 is 0 Å². The molecule has 1 fully saturated rings. The van der Waals surface area contributed by atoms with E-state index < -0.39 is 0 Å². The molecular weight excluding hydrogens is 175 g/mol. The number of halogens is 1. The minimum absolute atomic E-state index is 0.142. The maximum atomic E-state index is 12.7. The molecule has 0 aliphatic heterocycles. The van der Waals surface area contributed by atoms with Gasteiger partial charge in [-0.25, -0.2) is 4.39 Å². The van der Waals surface area contributed by atoms with E-state index in [1.807, 2.05) is 18.2 Å². The monoisotopic (exact) mass is 190 g/mol. The molecule has 14 heavy (non-hydrogen) atoms. The van der Waals surface area contributed by atoms with Crippen molar-refractivity contribution in [3.05, 3.63) is 48.3 Å². The van der Waals surface area contributed by atoms with E-state index >= 15 is 0 Å². The summed E-state index contributed by atoms with van der Waals surface area (Å²) in [6.07, 6.45) is 5.56. The third-order valence-electron chi connectivity index (χ3n) is 2.96. The van der Waals surface area contributed by atoms with Crippen LogP contribution in [0.25, 0.3) is 0 Å². The number of hydrogen-bond acceptors (Lipinski definition) is 0. The minimum atomic E-state index is -0.142. The van der Waals surface area contributed by atoms with Crippen molar-refractivity contribution in [1.29, 1.82) is 0 Å². The fraction of sp³-hybridized carbons (Fsp3) is 0.385. The van der Waals surface area contributed by atoms with Crippen LogP contribution in [-0.2, 0) is 0 Å². The van der Waals surface area contributed by atoms with E-state index in [0.717, 1.165) is 12.3 Å². The topological polar surface area (TPSA) is 0 Å². The van der Waals surface area contributed by atoms with E-state index in [1.54, 1.807) is 12.1 Å². The molecule has 1 saturated carbocycles. The van der Waals surface area contributed by atoms with Crippen LogP contribution in [0.5, 0.6) is 0 Å². The standard InChI is InChI=1S/C13H15F/c1-2-3-4-11-9-13(11)10-5-7-12(14)8-6-10/h2,5-8,11,13H,1,3-4,9H2/t11-,13-/m1/s1. The summed E-state index contributed by atoms with van der Waals surface area (Å²) in [5.74, 6) is 1.34. The van der Waals surface area contributed by atoms with Crippen molar-refractivity contribution in [3.63, 3.8) is 0 Å². The van der Waals surface area contributed by atoms with Crippen LogP contribution in [-0.4, -0.2) is 0 Å². The zero-order valence-corrected chi connectivity index (χ0v) is 8.25. The third kappa shape index (κ3) is 2.03. The Morgan fingerprint density at radius 3 is 2.71 bits per heavy atom. The van der Waals surface area contributed by atoms with Gasteiger partial charge in [0.15, 0.2) is 0 Å². The van der Waals surface area contributed by atoms with Crippen molar-refractivity contribution in [1.82, 2.24) is 0 Å². The Kier molecular flexibility index (Phi) is 2.67. The van der Waals surface area contributed by atoms with Crippen molar-refractivity contribution in [2.24, 2.45) is 5.92 Å². The molecule has 1 aliphatic carbocycles. The second-order valence-corrected chi connectivity index (χ2v) is 4.02. The summed E-state index contributed by atoms with van der Waals surface area (Å²) in [7, 11) is 0. The van der Waals surface area contributed by atoms with Gasteiger partial charge in [-0.2, -0.15) is 0 Å². The van der Waals surface area contributed by atoms with Crippen LogP contribution in [0.4, 0.5) is 4.39 Å². The molecule has 0 aromatic heterocycles. The van der Waals surface area contributed by atoms with Gasteiger partial charge in [-0.1, -0.05) is 18.2 Å². The summed E-state index contributed by atoms with van der Waals surface area (Å²) in [6, 6.07) is 6.93. The van der Waals surface area contributed by atoms with Crippen LogP contribution in [0, 0.1) is 11.7 Å². The average Bonchev–Trinajstić information content (AvgIpc) is 2.95. The molecule has 1 heteroatoms. The van der Waals surface area contributed by atoms with Gasteiger partial charge in [0.05, 0.1) is 0 Å². The molecule has 1 aromatic carbocycles. The Morgan fingerprint density at radius 2 is 2.07 bits per heavy atom. The molecule has 0 saturated heterocycles. The van der Waals surface area contributed by atoms with Crippen LogP contribution in [0.15, 0.2) is 36.9 Å². The molecule has 1 aromatic rings. The summed E-state index contributed by atoms with van der Waals surface area (Å²) in [4.78, 5) is 0. The maximum Gasteiger partial charge on any atom is 0.123 e. The predicted molar refractivity (Wildman–Crippen MR) is 56.7 cm³/mol. The van der Waals surface area contributed by atoms with Crippen LogP contribution >= 0.6 is 0 Å². The van der Waals surface area contributed by atoms with Crippen LogP contribution in [0.2, 0.25) is 0 Å². The first kappa shape index (κ1) is 9.45. The lowest BCUT2D eigenvalue weighted by Gasteiger charge is -1.99. The molecule has 0 N–H and O–H groups in total. The lowest BCUT2D eigenvalue weighted by molar-refractivity contribution is 0.626. The van der Waals surface area contributed by atoms with Crippen molar-refractivity contribution in [2.75, 3.05) is 0 Å². The SMILES string of the molecule is C=CCC[C@@H]1C[C@@H]1c1ccc(F)cc1. The van der Waals surface area contributed by atoms with Crippen LogP contribution in [0.3, 0.4) is 0 Å². The van der Waals surface area contributed by atoms with Gasteiger partial charge in [0.25, 0.3) is 0 Å². The lowest BCUT2D eigenvalue weighted by Crippen LogP contribution is -1.84. The van der Waals surface area contributed by atoms with E-state index in [2.05, 4.69) is 6.58 Å². The molecule has 2 rings (SSSR count). The van der Waals surface area contributed by atoms with E-state index in [-0.39, 0.29) is 5.82 Å². The van der Waals surface area contributed by atoms with Gasteiger partial charge in [-0.15, -0.1) is 6.58 Å². The van der Waals surface area contributed by atoms with Gasteiger partial charge < -0.3 is 0 Å². The van der Waals surface area contributed by atoms with Crippen molar-refractivity contribution >= 4 is 0 Å². The molecule has 0 bridgehead atoms. The number of hydrogen-bond donors (Lipinski definition) is 0. The molecule has 0 unspecified atom stereocenters. The second-order valence-electron chi connectivity index (χ2n) is 4.02. The highest BCUT2D eigenvalue weighted by atomic mass is 19.1. The molecule has 74 valence electrons. The second kappa shape index (κ2) is 3.95. The summed E-state index contributed by atoms with van der Waals surface area (Å²) >= 11 is 0. The highest BCUT2D eigenvalue weighted by Gasteiger charge is 2.36. The first-order valence-electron chi connectivity index (χ1n) is 5.17. The van der Waals surface area contributed by atoms with E-state index in [0.29, 0.717) is 5.92 Å². The molecule has 1 aliphatic rings. The Labute approximate surface area is 84.5 Å². The summed E-state index contributed by atoms with van der Waals surface area (Å²) < 4.78 is 12.7. The zero-order chi connectivity index (χ0) is 9.97. The van der Waals surface area contributed by atoms with Gasteiger partial charge in [0.2, 0.25) is 0 Å². The Bertz CT molecular complexity index is 313. The van der Waals surface area contributed by atoms with E-state index in [4.69, 9.17) is 0 Å². The largest absolute Gasteiger partial charge is 0.207 e. The quantitative estimate of drug-likeness (QED) is 0.632. The van der Waals surface area contributed by atoms with Gasteiger partial charge in [-0.05, 0) is 48.8 Å². The summed E-state index contributed by atoms with van der Waals surface area (Å²) in [6.45, 7) is 3.72. The highest BCUT2D eigenvalue weighted by Crippen LogP contribution is 2.50. The first-order chi connectivity index (χ1) is 6.81. The van der Waals surface area contributed by atoms with Crippen LogP contribution in [0.1, 0.15) is 30.7 Å². The van der Waals surface area contributed by atoms with Crippen molar-refractivity contribution in [2.45, 2.75) is 25.2 Å². The molecule has 0 amide bonds. The average molecular weight is 190 g/mol. The third-order valence-corrected chi connectivity index (χ3v) is 2.96. The molecular formula is C13H15F. The first-order valence-corrected chi connectivity index (χ1v) is 5.17. The molecule has 0 radical (unpaired) electrons. The highest BCUT2D eigenvalue weighted by molar-refractivity contribution is 5.26. The molecule has 0 heterocycles. The van der Waals surface area contributed by atoms with Gasteiger partial charge in [0, 0.05) is 0 Å². The molecule has 2 atom stereocenters. The smallest absolute Gasteiger partial charge is 0.123 e. The molecule has 0 nitrogen and oxygen atoms in total.